The standard InChI is InChI=1S/C30H36O9/c1-9-11-12-10(2)28(8)16(20(34)18(32)14-22(28)26(14,5)6)24(36)30(12,38)39-29(11,37)23(35)15-19(33)17(31)13-21(25(13,3)4)27(9,15)7/h9-14,21-22,33-34,37-38H,1-8H3. The first-order valence-corrected chi connectivity index (χ1v) is 13.9. The third-order valence-corrected chi connectivity index (χ3v) is 13.2. The number of hydrogen-bond donors (Lipinski definition) is 4. The van der Waals surface area contributed by atoms with Gasteiger partial charge in [-0.3, -0.25) is 19.2 Å². The monoisotopic (exact) mass is 540 g/mol. The molecule has 0 radical (unpaired) electrons. The normalized spacial score (nSPS) is 55.8. The van der Waals surface area contributed by atoms with Crippen molar-refractivity contribution in [3.05, 3.63) is 22.7 Å². The predicted octanol–water partition coefficient (Wildman–Crippen LogP) is 2.41. The van der Waals surface area contributed by atoms with Crippen LogP contribution in [0.5, 0.6) is 0 Å². The highest BCUT2D eigenvalue weighted by Crippen LogP contribution is 2.80. The third kappa shape index (κ3) is 2.19. The number of carbonyl (C=O) groups excluding carboxylic acids is 4. The Balaban J connectivity index is 1.46. The molecule has 9 heteroatoms. The summed E-state index contributed by atoms with van der Waals surface area (Å²) in [4.78, 5) is 54.4. The van der Waals surface area contributed by atoms with Crippen LogP contribution in [0.15, 0.2) is 22.7 Å². The minimum absolute atomic E-state index is 0.211. The largest absolute Gasteiger partial charge is 0.504 e. The van der Waals surface area contributed by atoms with Gasteiger partial charge in [-0.05, 0) is 34.5 Å². The lowest BCUT2D eigenvalue weighted by atomic mass is 9.46. The summed E-state index contributed by atoms with van der Waals surface area (Å²) < 4.78 is 5.77. The number of ketones is 4. The maximum absolute atomic E-state index is 14.1. The van der Waals surface area contributed by atoms with Crippen LogP contribution >= 0.6 is 0 Å². The lowest BCUT2D eigenvalue weighted by molar-refractivity contribution is -0.284. The van der Waals surface area contributed by atoms with Gasteiger partial charge in [-0.25, -0.2) is 0 Å². The van der Waals surface area contributed by atoms with Crippen LogP contribution in [0.25, 0.3) is 0 Å². The Hall–Kier alpha value is -2.36. The number of Topliss-reactive ketones (excluding diaryl/α,β-unsaturated/α-hetero) is 4. The minimum Gasteiger partial charge on any atom is -0.504 e. The molecule has 1 saturated heterocycles. The van der Waals surface area contributed by atoms with Crippen LogP contribution in [0.3, 0.4) is 0 Å². The topological polar surface area (TPSA) is 158 Å². The highest BCUT2D eigenvalue weighted by Gasteiger charge is 2.86. The average Bonchev–Trinajstić information content (AvgIpc) is 3.59. The first-order valence-electron chi connectivity index (χ1n) is 13.9. The van der Waals surface area contributed by atoms with Crippen molar-refractivity contribution in [2.45, 2.75) is 67.0 Å². The van der Waals surface area contributed by atoms with Crippen LogP contribution in [0.2, 0.25) is 0 Å². The minimum atomic E-state index is -2.69. The first kappa shape index (κ1) is 25.6. The predicted molar refractivity (Wildman–Crippen MR) is 133 cm³/mol. The summed E-state index contributed by atoms with van der Waals surface area (Å²) in [6.07, 6.45) is 0. The fourth-order valence-corrected chi connectivity index (χ4v) is 11.2. The number of rotatable bonds is 0. The molecule has 5 fully saturated rings. The van der Waals surface area contributed by atoms with E-state index in [1.807, 2.05) is 55.4 Å². The number of allylic oxidation sites excluding steroid dienone is 2. The number of fused-ring (bicyclic) bond motifs is 9. The molecule has 0 spiro atoms. The molecule has 4 N–H and O–H groups in total. The van der Waals surface area contributed by atoms with E-state index in [1.54, 1.807) is 0 Å². The summed E-state index contributed by atoms with van der Waals surface area (Å²) in [5.74, 6) is -14.7. The van der Waals surface area contributed by atoms with Gasteiger partial charge in [0.25, 0.3) is 0 Å². The molecule has 0 aromatic heterocycles. The van der Waals surface area contributed by atoms with Gasteiger partial charge in [0.05, 0.1) is 11.1 Å². The highest BCUT2D eigenvalue weighted by molar-refractivity contribution is 6.15. The number of ether oxygens (including phenoxy) is 1. The van der Waals surface area contributed by atoms with Crippen LogP contribution in [0.4, 0.5) is 0 Å². The lowest BCUT2D eigenvalue weighted by Crippen LogP contribution is -2.63. The Kier molecular flexibility index (Phi) is 4.11. The maximum atomic E-state index is 14.1. The summed E-state index contributed by atoms with van der Waals surface area (Å²) in [6, 6.07) is 0. The Morgan fingerprint density at radius 1 is 0.615 bits per heavy atom. The molecule has 0 aromatic carbocycles. The highest BCUT2D eigenvalue weighted by atomic mass is 16.7. The summed E-state index contributed by atoms with van der Waals surface area (Å²) in [6.45, 7) is 15.0. The molecule has 12 atom stereocenters. The van der Waals surface area contributed by atoms with Crippen molar-refractivity contribution in [3.63, 3.8) is 0 Å². The van der Waals surface area contributed by atoms with Crippen molar-refractivity contribution in [1.82, 2.24) is 0 Å². The summed E-state index contributed by atoms with van der Waals surface area (Å²) in [5.41, 5.74) is -3.48. The number of carbonyl (C=O) groups is 4. The summed E-state index contributed by atoms with van der Waals surface area (Å²) >= 11 is 0. The summed E-state index contributed by atoms with van der Waals surface area (Å²) in [7, 11) is 0. The molecule has 39 heavy (non-hydrogen) atoms. The van der Waals surface area contributed by atoms with Crippen LogP contribution in [0.1, 0.15) is 55.4 Å². The van der Waals surface area contributed by atoms with Gasteiger partial charge in [-0.15, -0.1) is 0 Å². The molecule has 12 unspecified atom stereocenters. The molecule has 7 aliphatic rings. The molecule has 0 bridgehead atoms. The van der Waals surface area contributed by atoms with E-state index in [4.69, 9.17) is 4.74 Å². The van der Waals surface area contributed by atoms with E-state index in [9.17, 15) is 39.6 Å². The zero-order chi connectivity index (χ0) is 28.9. The van der Waals surface area contributed by atoms with Gasteiger partial charge in [-0.1, -0.05) is 55.4 Å². The molecule has 9 nitrogen and oxygen atoms in total. The number of aliphatic hydroxyl groups is 4. The Labute approximate surface area is 226 Å². The fraction of sp³-hybridized carbons (Fsp3) is 0.733. The molecule has 0 aromatic rings. The second-order valence-corrected chi connectivity index (χ2v) is 15.1. The van der Waals surface area contributed by atoms with Gasteiger partial charge in [-0.2, -0.15) is 0 Å². The zero-order valence-electron chi connectivity index (χ0n) is 23.4. The quantitative estimate of drug-likeness (QED) is 0.362. The number of hydrogen-bond acceptors (Lipinski definition) is 9. The zero-order valence-corrected chi connectivity index (χ0v) is 23.4. The molecule has 0 amide bonds. The molecule has 6 aliphatic carbocycles. The van der Waals surface area contributed by atoms with Crippen LogP contribution < -0.4 is 0 Å². The van der Waals surface area contributed by atoms with E-state index in [0.29, 0.717) is 0 Å². The average molecular weight is 541 g/mol. The SMILES string of the molecule is CC1C2C3C(C)C4(C)C(=C(O)C(=O)C5C4C5(C)C)C(=O)C3(O)OC2(O)C(=O)C2=C(O)C(=O)C3C(C3(C)C)C21C. The van der Waals surface area contributed by atoms with Crippen molar-refractivity contribution in [2.75, 3.05) is 0 Å². The fourth-order valence-electron chi connectivity index (χ4n) is 11.2. The van der Waals surface area contributed by atoms with Gasteiger partial charge in [0, 0.05) is 34.5 Å². The van der Waals surface area contributed by atoms with Gasteiger partial charge in [0.15, 0.2) is 11.5 Å². The molecule has 4 saturated carbocycles. The van der Waals surface area contributed by atoms with Crippen molar-refractivity contribution in [2.24, 2.45) is 69.0 Å². The van der Waals surface area contributed by atoms with E-state index < -0.39 is 103 Å². The van der Waals surface area contributed by atoms with Crippen LogP contribution in [-0.4, -0.2) is 55.1 Å². The van der Waals surface area contributed by atoms with Gasteiger partial charge in [0.1, 0.15) is 0 Å². The van der Waals surface area contributed by atoms with E-state index in [1.165, 1.54) is 0 Å². The van der Waals surface area contributed by atoms with Crippen molar-refractivity contribution in [3.8, 4) is 0 Å². The smallest absolute Gasteiger partial charge is 0.237 e. The second-order valence-electron chi connectivity index (χ2n) is 15.1. The van der Waals surface area contributed by atoms with Crippen molar-refractivity contribution in [1.29, 1.82) is 0 Å². The Morgan fingerprint density at radius 2 is 0.923 bits per heavy atom. The molecule has 1 heterocycles. The summed E-state index contributed by atoms with van der Waals surface area (Å²) in [5, 5.41) is 46.0. The van der Waals surface area contributed by atoms with Crippen molar-refractivity contribution >= 4 is 23.1 Å². The lowest BCUT2D eigenvalue weighted by Gasteiger charge is -2.55. The maximum Gasteiger partial charge on any atom is 0.237 e. The molecule has 7 rings (SSSR count). The Morgan fingerprint density at radius 3 is 1.23 bits per heavy atom. The molecular weight excluding hydrogens is 504 g/mol. The van der Waals surface area contributed by atoms with Gasteiger partial charge in [0.2, 0.25) is 34.7 Å². The first-order chi connectivity index (χ1) is 17.7. The van der Waals surface area contributed by atoms with Crippen LogP contribution in [-0.2, 0) is 23.9 Å². The molecule has 1 aliphatic heterocycles. The molecule has 210 valence electrons. The second kappa shape index (κ2) is 6.26. The van der Waals surface area contributed by atoms with Gasteiger partial charge < -0.3 is 25.2 Å². The Bertz CT molecular complexity index is 1330. The third-order valence-electron chi connectivity index (χ3n) is 13.2. The van der Waals surface area contributed by atoms with E-state index in [2.05, 4.69) is 0 Å². The van der Waals surface area contributed by atoms with E-state index >= 15 is 0 Å². The van der Waals surface area contributed by atoms with E-state index in [-0.39, 0.29) is 23.0 Å². The van der Waals surface area contributed by atoms with E-state index in [0.717, 1.165) is 0 Å². The van der Waals surface area contributed by atoms with Crippen molar-refractivity contribution < 1.29 is 44.3 Å². The molecular formula is C30H36O9. The number of aliphatic hydroxyl groups excluding tert-OH is 2. The van der Waals surface area contributed by atoms with Crippen LogP contribution in [0, 0.1) is 69.0 Å². The van der Waals surface area contributed by atoms with Gasteiger partial charge >= 0.3 is 0 Å².